The van der Waals surface area contributed by atoms with E-state index in [4.69, 9.17) is 9.31 Å². The van der Waals surface area contributed by atoms with E-state index in [2.05, 4.69) is 155 Å². The minimum absolute atomic E-state index is 0.409. The van der Waals surface area contributed by atoms with Crippen LogP contribution in [0.4, 0.5) is 0 Å². The van der Waals surface area contributed by atoms with E-state index in [9.17, 15) is 0 Å². The van der Waals surface area contributed by atoms with Gasteiger partial charge < -0.3 is 9.31 Å². The summed E-state index contributed by atoms with van der Waals surface area (Å²) < 4.78 is 13.1. The summed E-state index contributed by atoms with van der Waals surface area (Å²) in [5, 5.41) is 9.86. The number of hydrogen-bond acceptors (Lipinski definition) is 2. The van der Waals surface area contributed by atoms with Gasteiger partial charge in [0.2, 0.25) is 0 Å². The number of benzene rings is 7. The van der Waals surface area contributed by atoms with Crippen molar-refractivity contribution in [3.63, 3.8) is 0 Å². The van der Waals surface area contributed by atoms with Gasteiger partial charge in [0, 0.05) is 0 Å². The van der Waals surface area contributed by atoms with E-state index in [0.29, 0.717) is 0 Å². The second kappa shape index (κ2) is 9.54. The third-order valence-electron chi connectivity index (χ3n) is 9.65. The molecule has 1 heterocycles. The van der Waals surface area contributed by atoms with Crippen LogP contribution in [0, 0.1) is 0 Å². The summed E-state index contributed by atoms with van der Waals surface area (Å²) in [5.41, 5.74) is 5.12. The maximum atomic E-state index is 6.53. The van der Waals surface area contributed by atoms with Gasteiger partial charge in [-0.2, -0.15) is 0 Å². The normalized spacial score (nSPS) is 16.0. The van der Waals surface area contributed by atoms with E-state index in [0.717, 1.165) is 5.46 Å². The zero-order valence-corrected chi connectivity index (χ0v) is 25.0. The summed E-state index contributed by atoms with van der Waals surface area (Å²) in [7, 11) is -0.436. The van der Waals surface area contributed by atoms with Crippen molar-refractivity contribution < 1.29 is 9.31 Å². The lowest BCUT2D eigenvalue weighted by Crippen LogP contribution is -2.41. The average molecular weight is 557 g/mol. The highest BCUT2D eigenvalue weighted by Gasteiger charge is 2.51. The Bertz CT molecular complexity index is 2200. The Morgan fingerprint density at radius 2 is 0.860 bits per heavy atom. The molecule has 0 N–H and O–H groups in total. The molecule has 7 aromatic rings. The predicted octanol–water partition coefficient (Wildman–Crippen LogP) is 9.93. The molecule has 0 aromatic heterocycles. The van der Waals surface area contributed by atoms with Crippen LogP contribution in [-0.4, -0.2) is 18.3 Å². The minimum Gasteiger partial charge on any atom is -0.399 e. The van der Waals surface area contributed by atoms with Crippen LogP contribution in [-0.2, 0) is 9.31 Å². The first-order chi connectivity index (χ1) is 20.8. The lowest BCUT2D eigenvalue weighted by molar-refractivity contribution is 0.00578. The molecule has 1 aliphatic heterocycles. The van der Waals surface area contributed by atoms with Crippen LogP contribution in [0.5, 0.6) is 0 Å². The van der Waals surface area contributed by atoms with Gasteiger partial charge in [-0.05, 0) is 111 Å². The smallest absolute Gasteiger partial charge is 0.399 e. The highest BCUT2D eigenvalue weighted by Crippen LogP contribution is 2.45. The zero-order valence-electron chi connectivity index (χ0n) is 25.0. The standard InChI is InChI=1S/C40H33BO2/c1-39(2)40(3,4)43-41(42-39)32-21-22-35-36(25-32)38(31-20-18-27-12-6-8-14-29(27)24-31)34-16-10-9-15-33(34)37(35)30-19-17-26-11-5-7-13-28(26)23-30/h5-25H,1-4H3. The molecule has 0 bridgehead atoms. The molecule has 1 aliphatic rings. The van der Waals surface area contributed by atoms with Crippen molar-refractivity contribution >= 4 is 55.7 Å². The molecule has 7 aromatic carbocycles. The molecular formula is C40H33BO2. The van der Waals surface area contributed by atoms with Gasteiger partial charge in [-0.25, -0.2) is 0 Å². The topological polar surface area (TPSA) is 18.5 Å². The number of hydrogen-bond donors (Lipinski definition) is 0. The summed E-state index contributed by atoms with van der Waals surface area (Å²) in [5.74, 6) is 0. The first-order valence-corrected chi connectivity index (χ1v) is 15.1. The van der Waals surface area contributed by atoms with Crippen LogP contribution in [0.15, 0.2) is 127 Å². The van der Waals surface area contributed by atoms with Crippen LogP contribution in [0.2, 0.25) is 0 Å². The fraction of sp³-hybridized carbons (Fsp3) is 0.150. The van der Waals surface area contributed by atoms with Crippen LogP contribution < -0.4 is 5.46 Å². The molecule has 0 spiro atoms. The van der Waals surface area contributed by atoms with Gasteiger partial charge in [0.15, 0.2) is 0 Å². The molecule has 0 aliphatic carbocycles. The molecule has 0 atom stereocenters. The molecule has 0 unspecified atom stereocenters. The van der Waals surface area contributed by atoms with E-state index in [1.165, 1.54) is 65.3 Å². The molecule has 2 nitrogen and oxygen atoms in total. The summed E-state index contributed by atoms with van der Waals surface area (Å²) in [6.07, 6.45) is 0. The van der Waals surface area contributed by atoms with Crippen molar-refractivity contribution in [1.29, 1.82) is 0 Å². The van der Waals surface area contributed by atoms with E-state index < -0.39 is 18.3 Å². The summed E-state index contributed by atoms with van der Waals surface area (Å²) >= 11 is 0. The van der Waals surface area contributed by atoms with Gasteiger partial charge in [0.05, 0.1) is 11.2 Å². The van der Waals surface area contributed by atoms with E-state index in [-0.39, 0.29) is 0 Å². The molecule has 0 amide bonds. The van der Waals surface area contributed by atoms with Gasteiger partial charge in [0.25, 0.3) is 0 Å². The van der Waals surface area contributed by atoms with Crippen molar-refractivity contribution in [3.05, 3.63) is 127 Å². The predicted molar refractivity (Wildman–Crippen MR) is 183 cm³/mol. The van der Waals surface area contributed by atoms with Crippen LogP contribution >= 0.6 is 0 Å². The van der Waals surface area contributed by atoms with Crippen molar-refractivity contribution in [3.8, 4) is 22.3 Å². The average Bonchev–Trinajstić information content (AvgIpc) is 3.25. The molecule has 43 heavy (non-hydrogen) atoms. The van der Waals surface area contributed by atoms with E-state index in [1.807, 2.05) is 0 Å². The van der Waals surface area contributed by atoms with E-state index >= 15 is 0 Å². The SMILES string of the molecule is CC1(C)OB(c2ccc3c(-c4ccc5ccccc5c4)c4ccccc4c(-c4ccc5ccccc5c4)c3c2)OC1(C)C. The number of rotatable bonds is 3. The third-order valence-corrected chi connectivity index (χ3v) is 9.65. The van der Waals surface area contributed by atoms with Crippen LogP contribution in [0.25, 0.3) is 65.3 Å². The summed E-state index contributed by atoms with van der Waals surface area (Å²) in [6.45, 7) is 8.44. The minimum atomic E-state index is -0.436. The Kier molecular flexibility index (Phi) is 5.81. The molecule has 8 rings (SSSR count). The molecule has 3 heteroatoms. The lowest BCUT2D eigenvalue weighted by Gasteiger charge is -2.32. The largest absolute Gasteiger partial charge is 0.494 e. The molecule has 0 saturated carbocycles. The quantitative estimate of drug-likeness (QED) is 0.159. The van der Waals surface area contributed by atoms with Crippen LogP contribution in [0.1, 0.15) is 27.7 Å². The van der Waals surface area contributed by atoms with Crippen molar-refractivity contribution in [1.82, 2.24) is 0 Å². The van der Waals surface area contributed by atoms with Gasteiger partial charge in [-0.3, -0.25) is 0 Å². The maximum Gasteiger partial charge on any atom is 0.494 e. The highest BCUT2D eigenvalue weighted by molar-refractivity contribution is 6.62. The second-order valence-corrected chi connectivity index (χ2v) is 12.8. The Morgan fingerprint density at radius 3 is 1.40 bits per heavy atom. The van der Waals surface area contributed by atoms with Gasteiger partial charge in [-0.15, -0.1) is 0 Å². The van der Waals surface area contributed by atoms with Gasteiger partial charge in [0.1, 0.15) is 0 Å². The number of fused-ring (bicyclic) bond motifs is 4. The monoisotopic (exact) mass is 556 g/mol. The Morgan fingerprint density at radius 1 is 0.419 bits per heavy atom. The van der Waals surface area contributed by atoms with Crippen molar-refractivity contribution in [2.45, 2.75) is 38.9 Å². The van der Waals surface area contributed by atoms with Gasteiger partial charge in [-0.1, -0.05) is 115 Å². The summed E-state index contributed by atoms with van der Waals surface area (Å²) in [4.78, 5) is 0. The Labute approximate surface area is 253 Å². The maximum absolute atomic E-state index is 6.53. The molecule has 1 fully saturated rings. The van der Waals surface area contributed by atoms with Crippen LogP contribution in [0.3, 0.4) is 0 Å². The first kappa shape index (κ1) is 26.2. The Hall–Kier alpha value is -4.44. The first-order valence-electron chi connectivity index (χ1n) is 15.1. The lowest BCUT2D eigenvalue weighted by atomic mass is 9.76. The highest BCUT2D eigenvalue weighted by atomic mass is 16.7. The second-order valence-electron chi connectivity index (χ2n) is 12.8. The Balaban J connectivity index is 1.46. The third kappa shape index (κ3) is 4.18. The fourth-order valence-electron chi connectivity index (χ4n) is 6.63. The van der Waals surface area contributed by atoms with E-state index in [1.54, 1.807) is 0 Å². The molecule has 208 valence electrons. The fourth-order valence-corrected chi connectivity index (χ4v) is 6.63. The van der Waals surface area contributed by atoms with Gasteiger partial charge >= 0.3 is 7.12 Å². The molecule has 0 radical (unpaired) electrons. The van der Waals surface area contributed by atoms with Crippen molar-refractivity contribution in [2.75, 3.05) is 0 Å². The van der Waals surface area contributed by atoms with Crippen molar-refractivity contribution in [2.24, 2.45) is 0 Å². The zero-order chi connectivity index (χ0) is 29.3. The molecular weight excluding hydrogens is 523 g/mol. The molecule has 1 saturated heterocycles. The summed E-state index contributed by atoms with van der Waals surface area (Å²) in [6, 6.07) is 46.4.